The van der Waals surface area contributed by atoms with Crippen LogP contribution in [0.1, 0.15) is 67.2 Å². The highest BCUT2D eigenvalue weighted by Crippen LogP contribution is 2.44. The van der Waals surface area contributed by atoms with Crippen LogP contribution in [-0.2, 0) is 27.4 Å². The van der Waals surface area contributed by atoms with Crippen LogP contribution in [0.3, 0.4) is 0 Å². The van der Waals surface area contributed by atoms with Crippen LogP contribution in [0.15, 0.2) is 103 Å². The number of aliphatic hydroxyl groups excluding tert-OH is 1. The lowest BCUT2D eigenvalue weighted by molar-refractivity contribution is -0.127. The Hall–Kier alpha value is -4.75. The third kappa shape index (κ3) is 8.29. The third-order valence-corrected chi connectivity index (χ3v) is 8.69. The molecule has 2 atom stereocenters. The summed E-state index contributed by atoms with van der Waals surface area (Å²) in [5.74, 6) is -1.11. The zero-order valence-corrected chi connectivity index (χ0v) is 26.3. The number of Topliss-reactive ketones (excluding diaryl/α,β-unsaturated/α-hetero) is 1. The van der Waals surface area contributed by atoms with Gasteiger partial charge in [0.25, 0.3) is 0 Å². The van der Waals surface area contributed by atoms with Crippen molar-refractivity contribution < 1.29 is 24.2 Å². The van der Waals surface area contributed by atoms with Gasteiger partial charge in [-0.1, -0.05) is 117 Å². The van der Waals surface area contributed by atoms with Crippen molar-refractivity contribution in [1.82, 2.24) is 5.32 Å². The minimum atomic E-state index is -0.858. The first-order chi connectivity index (χ1) is 22.5. The maximum absolute atomic E-state index is 13.9. The summed E-state index contributed by atoms with van der Waals surface area (Å²) in [6, 6.07) is 31.9. The molecule has 2 amide bonds. The van der Waals surface area contributed by atoms with E-state index in [1.165, 1.54) is 0 Å². The lowest BCUT2D eigenvalue weighted by Gasteiger charge is -2.22. The van der Waals surface area contributed by atoms with Crippen LogP contribution in [0.5, 0.6) is 0 Å². The lowest BCUT2D eigenvalue weighted by Crippen LogP contribution is -2.44. The Morgan fingerprint density at radius 1 is 0.783 bits per heavy atom. The molecule has 0 bridgehead atoms. The first kappa shape index (κ1) is 32.6. The van der Waals surface area contributed by atoms with Gasteiger partial charge in [0, 0.05) is 23.9 Å². The van der Waals surface area contributed by atoms with Crippen LogP contribution in [0, 0.1) is 5.92 Å². The van der Waals surface area contributed by atoms with Crippen molar-refractivity contribution in [2.24, 2.45) is 5.92 Å². The van der Waals surface area contributed by atoms with E-state index in [4.69, 9.17) is 4.74 Å². The number of carbonyl (C=O) groups is 3. The second-order valence-electron chi connectivity index (χ2n) is 11.9. The number of unbranched alkanes of at least 4 members (excludes halogenated alkanes) is 2. The van der Waals surface area contributed by atoms with Gasteiger partial charge in [-0.05, 0) is 58.4 Å². The second-order valence-corrected chi connectivity index (χ2v) is 11.9. The van der Waals surface area contributed by atoms with Gasteiger partial charge < -0.3 is 20.5 Å². The summed E-state index contributed by atoms with van der Waals surface area (Å²) < 4.78 is 5.79. The van der Waals surface area contributed by atoms with Crippen LogP contribution in [0.2, 0.25) is 0 Å². The molecule has 0 heterocycles. The van der Waals surface area contributed by atoms with Gasteiger partial charge in [0.1, 0.15) is 6.61 Å². The Morgan fingerprint density at radius 3 is 2.04 bits per heavy atom. The molecule has 0 fully saturated rings. The number of fused-ring (bicyclic) bond motifs is 3. The van der Waals surface area contributed by atoms with E-state index in [-0.39, 0.29) is 43.7 Å². The lowest BCUT2D eigenvalue weighted by atomic mass is 9.90. The summed E-state index contributed by atoms with van der Waals surface area (Å²) in [5.41, 5.74) is 6.75. The Labute approximate surface area is 271 Å². The number of carbonyl (C=O) groups excluding carboxylic acids is 3. The van der Waals surface area contributed by atoms with Gasteiger partial charge in [-0.15, -0.1) is 0 Å². The highest BCUT2D eigenvalue weighted by Gasteiger charge is 2.31. The molecule has 7 heteroatoms. The van der Waals surface area contributed by atoms with E-state index in [1.54, 1.807) is 24.3 Å². The number of anilines is 1. The molecule has 5 rings (SSSR count). The minimum absolute atomic E-state index is 0.00850. The molecule has 238 valence electrons. The van der Waals surface area contributed by atoms with E-state index in [0.717, 1.165) is 52.6 Å². The van der Waals surface area contributed by atoms with Gasteiger partial charge in [0.05, 0.1) is 12.6 Å². The number of nitrogens with one attached hydrogen (secondary N) is 2. The summed E-state index contributed by atoms with van der Waals surface area (Å²) in [5, 5.41) is 15.1. The number of alkyl carbamates (subject to hydrolysis) is 1. The average molecular weight is 619 g/mol. The van der Waals surface area contributed by atoms with Crippen LogP contribution in [-0.4, -0.2) is 35.5 Å². The fourth-order valence-electron chi connectivity index (χ4n) is 6.17. The monoisotopic (exact) mass is 618 g/mol. The van der Waals surface area contributed by atoms with Crippen molar-refractivity contribution in [3.8, 4) is 11.1 Å². The standard InChI is InChI=1S/C39H42N2O5/c1-2-3-5-14-29(38(44)40-30-21-19-28(25-42)20-22-30)24-37(43)36(23-27-12-6-4-7-13-27)41-39(45)46-26-35-33-17-10-8-15-31(33)32-16-9-11-18-34(32)35/h4,6-13,15-22,29,35-36,42H,2-3,5,14,23-26H2,1H3,(H,40,44)(H,41,45)/t29-,36+/m1/s1. The van der Waals surface area contributed by atoms with Gasteiger partial charge in [0.15, 0.2) is 5.78 Å². The Morgan fingerprint density at radius 2 is 1.41 bits per heavy atom. The number of hydrogen-bond donors (Lipinski definition) is 3. The number of ketones is 1. The third-order valence-electron chi connectivity index (χ3n) is 8.69. The predicted molar refractivity (Wildman–Crippen MR) is 180 cm³/mol. The zero-order chi connectivity index (χ0) is 32.3. The van der Waals surface area contributed by atoms with Gasteiger partial charge >= 0.3 is 6.09 Å². The molecular formula is C39H42N2O5. The van der Waals surface area contributed by atoms with E-state index in [0.29, 0.717) is 12.1 Å². The quantitative estimate of drug-likeness (QED) is 0.120. The molecule has 0 unspecified atom stereocenters. The molecular weight excluding hydrogens is 576 g/mol. The molecule has 0 aromatic heterocycles. The number of rotatable bonds is 15. The van der Waals surface area contributed by atoms with E-state index < -0.39 is 18.1 Å². The van der Waals surface area contributed by atoms with Gasteiger partial charge in [-0.2, -0.15) is 0 Å². The Balaban J connectivity index is 1.28. The molecule has 1 aliphatic carbocycles. The Kier molecular flexibility index (Phi) is 11.4. The molecule has 0 saturated heterocycles. The summed E-state index contributed by atoms with van der Waals surface area (Å²) >= 11 is 0. The molecule has 46 heavy (non-hydrogen) atoms. The molecule has 0 saturated carbocycles. The van der Waals surface area contributed by atoms with Crippen molar-refractivity contribution in [2.75, 3.05) is 11.9 Å². The van der Waals surface area contributed by atoms with Crippen LogP contribution >= 0.6 is 0 Å². The SMILES string of the molecule is CCCCC[C@H](CC(=O)[C@H](Cc1ccccc1)NC(=O)OCC1c2ccccc2-c2ccccc21)C(=O)Nc1ccc(CO)cc1. The average Bonchev–Trinajstić information content (AvgIpc) is 3.41. The first-order valence-corrected chi connectivity index (χ1v) is 16.2. The molecule has 3 N–H and O–H groups in total. The van der Waals surface area contributed by atoms with Crippen LogP contribution in [0.25, 0.3) is 11.1 Å². The topological polar surface area (TPSA) is 105 Å². The predicted octanol–water partition coefficient (Wildman–Crippen LogP) is 7.42. The number of amides is 2. The first-order valence-electron chi connectivity index (χ1n) is 16.2. The van der Waals surface area contributed by atoms with Crippen molar-refractivity contribution in [3.05, 3.63) is 125 Å². The number of hydrogen-bond acceptors (Lipinski definition) is 5. The molecule has 0 spiro atoms. The smallest absolute Gasteiger partial charge is 0.407 e. The minimum Gasteiger partial charge on any atom is -0.449 e. The Bertz CT molecular complexity index is 1570. The van der Waals surface area contributed by atoms with Crippen molar-refractivity contribution in [2.45, 2.75) is 64.0 Å². The van der Waals surface area contributed by atoms with E-state index >= 15 is 0 Å². The molecule has 1 aliphatic rings. The highest BCUT2D eigenvalue weighted by atomic mass is 16.5. The van der Waals surface area contributed by atoms with Gasteiger partial charge in [0.2, 0.25) is 5.91 Å². The maximum atomic E-state index is 13.9. The van der Waals surface area contributed by atoms with Crippen LogP contribution < -0.4 is 10.6 Å². The van der Waals surface area contributed by atoms with Crippen molar-refractivity contribution in [1.29, 1.82) is 0 Å². The van der Waals surface area contributed by atoms with Gasteiger partial charge in [-0.25, -0.2) is 4.79 Å². The summed E-state index contributed by atoms with van der Waals surface area (Å²) in [4.78, 5) is 40.6. The second kappa shape index (κ2) is 16.0. The largest absolute Gasteiger partial charge is 0.449 e. The summed E-state index contributed by atoms with van der Waals surface area (Å²) in [6.45, 7) is 2.15. The van der Waals surface area contributed by atoms with E-state index in [9.17, 15) is 19.5 Å². The molecule has 4 aromatic carbocycles. The molecule has 7 nitrogen and oxygen atoms in total. The fourth-order valence-corrected chi connectivity index (χ4v) is 6.17. The molecule has 0 radical (unpaired) electrons. The number of ether oxygens (including phenoxy) is 1. The highest BCUT2D eigenvalue weighted by molar-refractivity contribution is 5.97. The fraction of sp³-hybridized carbons (Fsp3) is 0.308. The number of aliphatic hydroxyl groups is 1. The summed E-state index contributed by atoms with van der Waals surface area (Å²) in [6.07, 6.45) is 2.94. The summed E-state index contributed by atoms with van der Waals surface area (Å²) in [7, 11) is 0. The van der Waals surface area contributed by atoms with E-state index in [1.807, 2.05) is 54.6 Å². The van der Waals surface area contributed by atoms with Crippen LogP contribution in [0.4, 0.5) is 10.5 Å². The van der Waals surface area contributed by atoms with Crippen molar-refractivity contribution in [3.63, 3.8) is 0 Å². The molecule has 4 aromatic rings. The van der Waals surface area contributed by atoms with Gasteiger partial charge in [-0.3, -0.25) is 9.59 Å². The molecule has 0 aliphatic heterocycles. The maximum Gasteiger partial charge on any atom is 0.407 e. The van der Waals surface area contributed by atoms with E-state index in [2.05, 4.69) is 41.8 Å². The zero-order valence-electron chi connectivity index (χ0n) is 26.3. The number of benzene rings is 4. The van der Waals surface area contributed by atoms with Crippen molar-refractivity contribution >= 4 is 23.5 Å². The normalized spacial score (nSPS) is 13.3.